The maximum Gasteiger partial charge on any atom is 0.288 e. The Hall–Kier alpha value is -1.66. The molecule has 0 fully saturated rings. The Morgan fingerprint density at radius 2 is 1.95 bits per heavy atom. The first-order chi connectivity index (χ1) is 9.61. The highest BCUT2D eigenvalue weighted by Crippen LogP contribution is 2.22. The first-order valence-corrected chi connectivity index (χ1v) is 8.02. The van der Waals surface area contributed by atoms with Gasteiger partial charge in [0.15, 0.2) is 5.58 Å². The summed E-state index contributed by atoms with van der Waals surface area (Å²) in [6.45, 7) is 0. The van der Waals surface area contributed by atoms with Crippen molar-refractivity contribution in [1.82, 2.24) is 4.98 Å². The number of hydrogen-bond acceptors (Lipinski definition) is 4. The molecule has 1 aromatic heterocycles. The lowest BCUT2D eigenvalue weighted by molar-refractivity contribution is 0.477. The average Bonchev–Trinajstić information content (AvgIpc) is 2.84. The zero-order valence-corrected chi connectivity index (χ0v) is 12.8. The topological polar surface area (TPSA) is 69.1 Å². The van der Waals surface area contributed by atoms with Gasteiger partial charge in [0.1, 0.15) is 16.3 Å². The lowest BCUT2D eigenvalue weighted by Gasteiger charge is -1.98. The van der Waals surface area contributed by atoms with Gasteiger partial charge < -0.3 is 10.2 Å². The van der Waals surface area contributed by atoms with E-state index >= 15 is 0 Å². The zero-order chi connectivity index (χ0) is 14.1. The van der Waals surface area contributed by atoms with E-state index in [-0.39, 0.29) is 5.22 Å². The largest absolute Gasteiger partial charge is 0.430 e. The molecule has 3 aromatic rings. The third-order valence-electron chi connectivity index (χ3n) is 2.80. The molecule has 6 heteroatoms. The lowest BCUT2D eigenvalue weighted by atomic mass is 10.2. The van der Waals surface area contributed by atoms with Crippen LogP contribution in [0.5, 0.6) is 0 Å². The van der Waals surface area contributed by atoms with Gasteiger partial charge in [0, 0.05) is 10.2 Å². The first kappa shape index (κ1) is 13.3. The number of aromatic nitrogens is 1. The molecule has 3 rings (SSSR count). The van der Waals surface area contributed by atoms with Crippen LogP contribution in [0.3, 0.4) is 0 Å². The molecule has 0 saturated carbocycles. The molecule has 4 nitrogen and oxygen atoms in total. The van der Waals surface area contributed by atoms with Crippen molar-refractivity contribution in [3.8, 4) is 0 Å². The van der Waals surface area contributed by atoms with Gasteiger partial charge in [-0.25, -0.2) is 9.19 Å². The van der Waals surface area contributed by atoms with Crippen LogP contribution in [0.1, 0.15) is 5.56 Å². The molecule has 102 valence electrons. The molecule has 0 radical (unpaired) electrons. The zero-order valence-electron chi connectivity index (χ0n) is 10.4. The van der Waals surface area contributed by atoms with E-state index in [1.165, 1.54) is 0 Å². The van der Waals surface area contributed by atoms with Gasteiger partial charge in [0.25, 0.3) is 5.22 Å². The fraction of sp³-hybridized carbons (Fsp3) is 0.0714. The SMILES string of the molecule is Nc1ccc2oc(S(=O)Cc3ccc(Br)cc3)nc2c1. The van der Waals surface area contributed by atoms with Crippen LogP contribution in [0.25, 0.3) is 11.1 Å². The number of fused-ring (bicyclic) bond motifs is 1. The maximum absolute atomic E-state index is 12.3. The molecular formula is C14H11BrN2O2S. The summed E-state index contributed by atoms with van der Waals surface area (Å²) in [4.78, 5) is 4.23. The van der Waals surface area contributed by atoms with Crippen molar-refractivity contribution in [3.63, 3.8) is 0 Å². The number of halogens is 1. The van der Waals surface area contributed by atoms with Crippen molar-refractivity contribution < 1.29 is 8.63 Å². The highest BCUT2D eigenvalue weighted by atomic mass is 79.9. The standard InChI is InChI=1S/C14H11BrN2O2S/c15-10-3-1-9(2-4-10)8-20(18)14-17-12-7-11(16)5-6-13(12)19-14/h1-7H,8,16H2. The van der Waals surface area contributed by atoms with Gasteiger partial charge in [-0.1, -0.05) is 28.1 Å². The second-order valence-electron chi connectivity index (χ2n) is 4.32. The van der Waals surface area contributed by atoms with Crippen molar-refractivity contribution in [2.45, 2.75) is 11.0 Å². The summed E-state index contributed by atoms with van der Waals surface area (Å²) in [7, 11) is -1.31. The third-order valence-corrected chi connectivity index (χ3v) is 4.49. The van der Waals surface area contributed by atoms with Gasteiger partial charge in [-0.2, -0.15) is 0 Å². The Kier molecular flexibility index (Phi) is 3.58. The number of nitrogens with two attached hydrogens (primary N) is 1. The van der Waals surface area contributed by atoms with E-state index in [2.05, 4.69) is 20.9 Å². The summed E-state index contributed by atoms with van der Waals surface area (Å²) in [5.74, 6) is 0.371. The highest BCUT2D eigenvalue weighted by molar-refractivity contribution is 9.10. The van der Waals surface area contributed by atoms with E-state index in [4.69, 9.17) is 10.2 Å². The maximum atomic E-state index is 12.3. The minimum absolute atomic E-state index is 0.230. The second-order valence-corrected chi connectivity index (χ2v) is 6.57. The molecule has 20 heavy (non-hydrogen) atoms. The molecule has 2 aromatic carbocycles. The Morgan fingerprint density at radius 3 is 2.70 bits per heavy atom. The van der Waals surface area contributed by atoms with Crippen molar-refractivity contribution in [1.29, 1.82) is 0 Å². The van der Waals surface area contributed by atoms with E-state index < -0.39 is 10.8 Å². The highest BCUT2D eigenvalue weighted by Gasteiger charge is 2.13. The van der Waals surface area contributed by atoms with Crippen LogP contribution in [0.2, 0.25) is 0 Å². The van der Waals surface area contributed by atoms with Crippen molar-refractivity contribution in [2.75, 3.05) is 5.73 Å². The van der Waals surface area contributed by atoms with E-state index in [9.17, 15) is 4.21 Å². The fourth-order valence-electron chi connectivity index (χ4n) is 1.81. The first-order valence-electron chi connectivity index (χ1n) is 5.91. The summed E-state index contributed by atoms with van der Waals surface area (Å²) >= 11 is 3.37. The number of hydrogen-bond donors (Lipinski definition) is 1. The summed E-state index contributed by atoms with van der Waals surface area (Å²) < 4.78 is 18.8. The lowest BCUT2D eigenvalue weighted by Crippen LogP contribution is -1.96. The molecule has 0 spiro atoms. The Balaban J connectivity index is 1.86. The molecule has 0 aliphatic carbocycles. The predicted molar refractivity (Wildman–Crippen MR) is 82.7 cm³/mol. The molecule has 0 amide bonds. The number of benzene rings is 2. The van der Waals surface area contributed by atoms with Crippen LogP contribution < -0.4 is 5.73 Å². The van der Waals surface area contributed by atoms with Crippen LogP contribution >= 0.6 is 15.9 Å². The molecule has 0 bridgehead atoms. The van der Waals surface area contributed by atoms with Crippen molar-refractivity contribution >= 4 is 43.5 Å². The molecule has 0 saturated heterocycles. The van der Waals surface area contributed by atoms with Crippen LogP contribution in [0, 0.1) is 0 Å². The number of nitrogens with zero attached hydrogens (tertiary/aromatic N) is 1. The van der Waals surface area contributed by atoms with Crippen molar-refractivity contribution in [3.05, 3.63) is 52.5 Å². The molecule has 1 unspecified atom stereocenters. The smallest absolute Gasteiger partial charge is 0.288 e. The summed E-state index contributed by atoms with van der Waals surface area (Å²) in [5, 5.41) is 0.230. The molecule has 1 atom stereocenters. The Bertz CT molecular complexity index is 783. The molecule has 1 heterocycles. The van der Waals surface area contributed by atoms with E-state index in [0.29, 0.717) is 22.5 Å². The number of nitrogen functional groups attached to an aromatic ring is 1. The third kappa shape index (κ3) is 2.76. The monoisotopic (exact) mass is 350 g/mol. The Morgan fingerprint density at radius 1 is 1.20 bits per heavy atom. The van der Waals surface area contributed by atoms with E-state index in [1.807, 2.05) is 24.3 Å². The summed E-state index contributed by atoms with van der Waals surface area (Å²) in [5.41, 5.74) is 8.48. The average molecular weight is 351 g/mol. The van der Waals surface area contributed by atoms with Crippen LogP contribution in [-0.2, 0) is 16.6 Å². The minimum atomic E-state index is -1.31. The van der Waals surface area contributed by atoms with Gasteiger partial charge in [-0.3, -0.25) is 0 Å². The molecular weight excluding hydrogens is 340 g/mol. The van der Waals surface area contributed by atoms with Crippen LogP contribution in [0.15, 0.2) is 56.6 Å². The van der Waals surface area contributed by atoms with E-state index in [0.717, 1.165) is 10.0 Å². The van der Waals surface area contributed by atoms with E-state index in [1.54, 1.807) is 18.2 Å². The van der Waals surface area contributed by atoms with Gasteiger partial charge in [-0.15, -0.1) is 0 Å². The number of rotatable bonds is 3. The normalized spacial score (nSPS) is 12.7. The van der Waals surface area contributed by atoms with Crippen molar-refractivity contribution in [2.24, 2.45) is 0 Å². The number of oxazole rings is 1. The van der Waals surface area contributed by atoms with Crippen LogP contribution in [-0.4, -0.2) is 9.19 Å². The van der Waals surface area contributed by atoms with Gasteiger partial charge in [-0.05, 0) is 35.9 Å². The second kappa shape index (κ2) is 5.38. The van der Waals surface area contributed by atoms with Gasteiger partial charge >= 0.3 is 0 Å². The number of anilines is 1. The van der Waals surface area contributed by atoms with Crippen LogP contribution in [0.4, 0.5) is 5.69 Å². The summed E-state index contributed by atoms with van der Waals surface area (Å²) in [6, 6.07) is 12.8. The minimum Gasteiger partial charge on any atom is -0.430 e. The Labute approximate surface area is 126 Å². The molecule has 2 N–H and O–H groups in total. The molecule has 0 aliphatic rings. The summed E-state index contributed by atoms with van der Waals surface area (Å²) in [6.07, 6.45) is 0. The predicted octanol–water partition coefficient (Wildman–Crippen LogP) is 3.48. The fourth-order valence-corrected chi connectivity index (χ4v) is 3.08. The van der Waals surface area contributed by atoms with Gasteiger partial charge in [0.2, 0.25) is 0 Å². The quantitative estimate of drug-likeness (QED) is 0.734. The van der Waals surface area contributed by atoms with Gasteiger partial charge in [0.05, 0.1) is 5.75 Å². The molecule has 0 aliphatic heterocycles.